The van der Waals surface area contributed by atoms with Gasteiger partial charge in [0.25, 0.3) is 0 Å². The Balaban J connectivity index is 0.000000416. The molecule has 230 valence electrons. The Hall–Kier alpha value is -2.22. The lowest BCUT2D eigenvalue weighted by atomic mass is 9.98. The van der Waals surface area contributed by atoms with E-state index in [1.165, 1.54) is 76.3 Å². The zero-order valence-electron chi connectivity index (χ0n) is 25.1. The van der Waals surface area contributed by atoms with Crippen LogP contribution >= 0.6 is 11.6 Å². The van der Waals surface area contributed by atoms with Crippen molar-refractivity contribution >= 4 is 33.4 Å². The number of Topliss-reactive ketones (excluding diaryl/α,β-unsaturated/α-hetero) is 1. The summed E-state index contributed by atoms with van der Waals surface area (Å²) in [6.07, 6.45) is 16.0. The molecule has 2 rings (SSSR count). The van der Waals surface area contributed by atoms with Gasteiger partial charge in [-0.05, 0) is 44.4 Å². The molecule has 0 saturated carbocycles. The zero-order chi connectivity index (χ0) is 30.5. The molecule has 0 aliphatic rings. The standard InChI is InChI=1S/C17H33ClO.C16H17NO4S/c1-3-4-5-6-7-8-9-10-11-12-13-14-17(15-18)16(2)19;1-12-7-9-14(10-8-12)22(20,21)17-15(16(18)19)11-13-5-3-2-4-6-13/h17H,3-15H2,1-2H3;2-10,15,17H,11H2,1H3,(H,18,19)/t;15-/m.0/s1. The van der Waals surface area contributed by atoms with Gasteiger partial charge in [0.05, 0.1) is 4.90 Å². The highest BCUT2D eigenvalue weighted by Crippen LogP contribution is 2.16. The topological polar surface area (TPSA) is 101 Å². The predicted octanol–water partition coefficient (Wildman–Crippen LogP) is 8.10. The van der Waals surface area contributed by atoms with E-state index in [2.05, 4.69) is 11.6 Å². The lowest BCUT2D eigenvalue weighted by Gasteiger charge is -2.15. The summed E-state index contributed by atoms with van der Waals surface area (Å²) in [6, 6.07) is 13.9. The van der Waals surface area contributed by atoms with Gasteiger partial charge in [0.1, 0.15) is 11.8 Å². The number of carboxylic acids is 1. The number of carbonyl (C=O) groups is 2. The number of halogens is 1. The molecular weight excluding hydrogens is 558 g/mol. The highest BCUT2D eigenvalue weighted by atomic mass is 35.5. The maximum atomic E-state index is 12.3. The van der Waals surface area contributed by atoms with Gasteiger partial charge in [0, 0.05) is 11.8 Å². The van der Waals surface area contributed by atoms with E-state index in [9.17, 15) is 23.1 Å². The van der Waals surface area contributed by atoms with Crippen molar-refractivity contribution in [2.45, 2.75) is 115 Å². The van der Waals surface area contributed by atoms with E-state index in [1.54, 1.807) is 43.3 Å². The van der Waals surface area contributed by atoms with Crippen molar-refractivity contribution in [3.8, 4) is 0 Å². The number of aryl methyl sites for hydroxylation is 1. The van der Waals surface area contributed by atoms with Crippen LogP contribution in [0.5, 0.6) is 0 Å². The number of sulfonamides is 1. The number of unbranched alkanes of at least 4 members (excludes halogenated alkanes) is 10. The third-order valence-corrected chi connectivity index (χ3v) is 8.99. The summed E-state index contributed by atoms with van der Waals surface area (Å²) < 4.78 is 26.8. The maximum Gasteiger partial charge on any atom is 0.322 e. The molecule has 0 fully saturated rings. The first-order chi connectivity index (χ1) is 19.6. The summed E-state index contributed by atoms with van der Waals surface area (Å²) in [6.45, 7) is 5.77. The minimum absolute atomic E-state index is 0.0532. The normalized spacial score (nSPS) is 12.7. The average molecular weight is 608 g/mol. The van der Waals surface area contributed by atoms with Crippen LogP contribution in [0.4, 0.5) is 0 Å². The van der Waals surface area contributed by atoms with Crippen LogP contribution in [-0.4, -0.2) is 37.2 Å². The first-order valence-electron chi connectivity index (χ1n) is 15.0. The smallest absolute Gasteiger partial charge is 0.322 e. The van der Waals surface area contributed by atoms with E-state index < -0.39 is 22.0 Å². The van der Waals surface area contributed by atoms with Crippen LogP contribution in [0, 0.1) is 12.8 Å². The van der Waals surface area contributed by atoms with Crippen LogP contribution in [-0.2, 0) is 26.0 Å². The SMILES string of the molecule is CCCCCCCCCCCCCC(CCl)C(C)=O.Cc1ccc(S(=O)(=O)N[C@@H](Cc2ccccc2)C(=O)O)cc1. The largest absolute Gasteiger partial charge is 0.480 e. The molecular formula is C33H50ClNO5S. The van der Waals surface area contributed by atoms with Crippen molar-refractivity contribution in [1.29, 1.82) is 0 Å². The molecule has 8 heteroatoms. The Kier molecular flexibility index (Phi) is 19.3. The van der Waals surface area contributed by atoms with Gasteiger partial charge in [0.15, 0.2) is 0 Å². The van der Waals surface area contributed by atoms with E-state index in [1.807, 2.05) is 13.0 Å². The predicted molar refractivity (Wildman–Crippen MR) is 169 cm³/mol. The number of aliphatic carboxylic acids is 1. The van der Waals surface area contributed by atoms with Crippen molar-refractivity contribution in [2.24, 2.45) is 5.92 Å². The monoisotopic (exact) mass is 607 g/mol. The van der Waals surface area contributed by atoms with E-state index in [0.717, 1.165) is 24.0 Å². The number of ketones is 1. The highest BCUT2D eigenvalue weighted by molar-refractivity contribution is 7.89. The van der Waals surface area contributed by atoms with Crippen LogP contribution in [0.25, 0.3) is 0 Å². The van der Waals surface area contributed by atoms with Gasteiger partial charge in [-0.2, -0.15) is 4.72 Å². The molecule has 0 aliphatic heterocycles. The summed E-state index contributed by atoms with van der Waals surface area (Å²) in [4.78, 5) is 22.6. The summed E-state index contributed by atoms with van der Waals surface area (Å²) in [7, 11) is -3.87. The molecule has 2 atom stereocenters. The van der Waals surface area contributed by atoms with E-state index >= 15 is 0 Å². The molecule has 0 aromatic heterocycles. The van der Waals surface area contributed by atoms with Crippen LogP contribution in [0.3, 0.4) is 0 Å². The molecule has 0 amide bonds. The van der Waals surface area contributed by atoms with Crippen molar-refractivity contribution in [3.05, 3.63) is 65.7 Å². The quantitative estimate of drug-likeness (QED) is 0.117. The third kappa shape index (κ3) is 16.7. The maximum absolute atomic E-state index is 12.3. The molecule has 0 radical (unpaired) electrons. The van der Waals surface area contributed by atoms with Gasteiger partial charge in [-0.25, -0.2) is 8.42 Å². The number of rotatable bonds is 20. The number of hydrogen-bond acceptors (Lipinski definition) is 4. The van der Waals surface area contributed by atoms with E-state index in [0.29, 0.717) is 5.88 Å². The summed E-state index contributed by atoms with van der Waals surface area (Å²) in [5.41, 5.74) is 1.68. The van der Waals surface area contributed by atoms with Crippen molar-refractivity contribution in [3.63, 3.8) is 0 Å². The second kappa shape index (κ2) is 21.5. The average Bonchev–Trinajstić information content (AvgIpc) is 2.94. The minimum atomic E-state index is -3.87. The molecule has 0 aliphatic carbocycles. The first kappa shape index (κ1) is 36.8. The van der Waals surface area contributed by atoms with Gasteiger partial charge in [-0.15, -0.1) is 11.6 Å². The summed E-state index contributed by atoms with van der Waals surface area (Å²) >= 11 is 5.78. The van der Waals surface area contributed by atoms with E-state index in [-0.39, 0.29) is 23.0 Å². The second-order valence-electron chi connectivity index (χ2n) is 10.8. The summed E-state index contributed by atoms with van der Waals surface area (Å²) in [5, 5.41) is 9.26. The van der Waals surface area contributed by atoms with Gasteiger partial charge < -0.3 is 5.11 Å². The van der Waals surface area contributed by atoms with Gasteiger partial charge in [-0.3, -0.25) is 9.59 Å². The molecule has 41 heavy (non-hydrogen) atoms. The molecule has 1 unspecified atom stereocenters. The minimum Gasteiger partial charge on any atom is -0.480 e. The first-order valence-corrected chi connectivity index (χ1v) is 17.0. The number of hydrogen-bond donors (Lipinski definition) is 2. The molecule has 0 heterocycles. The Morgan fingerprint density at radius 2 is 1.34 bits per heavy atom. The van der Waals surface area contributed by atoms with Crippen LogP contribution < -0.4 is 4.72 Å². The Morgan fingerprint density at radius 3 is 1.80 bits per heavy atom. The number of benzene rings is 2. The molecule has 2 aromatic carbocycles. The number of alkyl halides is 1. The Labute approximate surface area is 253 Å². The molecule has 2 aromatic rings. The molecule has 2 N–H and O–H groups in total. The van der Waals surface area contributed by atoms with Crippen molar-refractivity contribution in [2.75, 3.05) is 5.88 Å². The highest BCUT2D eigenvalue weighted by Gasteiger charge is 2.25. The van der Waals surface area contributed by atoms with Crippen molar-refractivity contribution in [1.82, 2.24) is 4.72 Å². The van der Waals surface area contributed by atoms with Crippen molar-refractivity contribution < 1.29 is 23.1 Å². The lowest BCUT2D eigenvalue weighted by Crippen LogP contribution is -2.42. The third-order valence-electron chi connectivity index (χ3n) is 7.13. The van der Waals surface area contributed by atoms with Gasteiger partial charge in [0.2, 0.25) is 10.0 Å². The number of carbonyl (C=O) groups excluding carboxylic acids is 1. The zero-order valence-corrected chi connectivity index (χ0v) is 26.7. The number of nitrogens with one attached hydrogen (secondary N) is 1. The van der Waals surface area contributed by atoms with Crippen LogP contribution in [0.1, 0.15) is 102 Å². The fraction of sp³-hybridized carbons (Fsp3) is 0.576. The Bertz CT molecular complexity index is 1090. The fourth-order valence-electron chi connectivity index (χ4n) is 4.45. The van der Waals surface area contributed by atoms with Gasteiger partial charge >= 0.3 is 5.97 Å². The second-order valence-corrected chi connectivity index (χ2v) is 12.8. The fourth-order valence-corrected chi connectivity index (χ4v) is 6.01. The van der Waals surface area contributed by atoms with Crippen LogP contribution in [0.15, 0.2) is 59.5 Å². The van der Waals surface area contributed by atoms with Crippen LogP contribution in [0.2, 0.25) is 0 Å². The van der Waals surface area contributed by atoms with E-state index in [4.69, 9.17) is 11.6 Å². The Morgan fingerprint density at radius 1 is 0.829 bits per heavy atom. The molecule has 0 bridgehead atoms. The lowest BCUT2D eigenvalue weighted by molar-refractivity contribution is -0.138. The molecule has 0 saturated heterocycles. The number of carboxylic acid groups (broad SMARTS) is 1. The summed E-state index contributed by atoms with van der Waals surface area (Å²) in [5.74, 6) is -0.366. The molecule has 0 spiro atoms. The van der Waals surface area contributed by atoms with Gasteiger partial charge in [-0.1, -0.05) is 126 Å². The molecule has 6 nitrogen and oxygen atoms in total.